The highest BCUT2D eigenvalue weighted by molar-refractivity contribution is 6.24. The monoisotopic (exact) mass is 623 g/mol. The van der Waals surface area contributed by atoms with Crippen molar-refractivity contribution in [2.45, 2.75) is 0 Å². The summed E-state index contributed by atoms with van der Waals surface area (Å²) in [5, 5.41) is 9.83. The molecule has 3 aromatic heterocycles. The fourth-order valence-electron chi connectivity index (χ4n) is 7.76. The molecule has 3 heteroatoms. The van der Waals surface area contributed by atoms with E-state index in [9.17, 15) is 0 Å². The Morgan fingerprint density at radius 1 is 0.388 bits per heavy atom. The summed E-state index contributed by atoms with van der Waals surface area (Å²) in [6, 6.07) is 58.8. The van der Waals surface area contributed by atoms with E-state index in [-0.39, 0.29) is 0 Å². The Bertz CT molecular complexity index is 2810. The minimum absolute atomic E-state index is 0.862. The second kappa shape index (κ2) is 11.0. The molecule has 0 bridgehead atoms. The number of hydrogen-bond donors (Lipinski definition) is 0. The summed E-state index contributed by atoms with van der Waals surface area (Å²) in [5.41, 5.74) is 10.0. The molecule has 3 nitrogen and oxygen atoms in total. The number of fused-ring (bicyclic) bond motifs is 6. The lowest BCUT2D eigenvalue weighted by atomic mass is 9.84. The molecule has 0 aliphatic rings. The van der Waals surface area contributed by atoms with Crippen LogP contribution in [0.3, 0.4) is 0 Å². The zero-order valence-electron chi connectivity index (χ0n) is 26.6. The molecule has 0 N–H and O–H groups in total. The van der Waals surface area contributed by atoms with Crippen LogP contribution in [0.5, 0.6) is 0 Å². The summed E-state index contributed by atoms with van der Waals surface area (Å²) in [6.07, 6.45) is 3.82. The third kappa shape index (κ3) is 4.29. The Labute approximate surface area is 283 Å². The average molecular weight is 624 g/mol. The van der Waals surface area contributed by atoms with Crippen LogP contribution in [0.4, 0.5) is 0 Å². The van der Waals surface area contributed by atoms with Crippen LogP contribution in [0.25, 0.3) is 93.5 Å². The molecular formula is C46H29N3. The third-order valence-corrected chi connectivity index (χ3v) is 9.87. The highest BCUT2D eigenvalue weighted by Gasteiger charge is 2.20. The van der Waals surface area contributed by atoms with Crippen LogP contribution < -0.4 is 0 Å². The van der Waals surface area contributed by atoms with Crippen molar-refractivity contribution in [3.8, 4) is 39.3 Å². The molecule has 49 heavy (non-hydrogen) atoms. The number of benzene rings is 7. The van der Waals surface area contributed by atoms with Gasteiger partial charge in [0.05, 0.1) is 28.6 Å². The van der Waals surface area contributed by atoms with Crippen molar-refractivity contribution in [3.63, 3.8) is 0 Å². The van der Waals surface area contributed by atoms with E-state index in [1.165, 1.54) is 60.0 Å². The van der Waals surface area contributed by atoms with E-state index >= 15 is 0 Å². The molecule has 0 saturated carbocycles. The average Bonchev–Trinajstić information content (AvgIpc) is 3.50. The lowest BCUT2D eigenvalue weighted by Gasteiger charge is -2.19. The fraction of sp³-hybridized carbons (Fsp3) is 0. The Morgan fingerprint density at radius 3 is 1.76 bits per heavy atom. The largest absolute Gasteiger partial charge is 0.308 e. The smallest absolute Gasteiger partial charge is 0.0893 e. The lowest BCUT2D eigenvalue weighted by Crippen LogP contribution is -1.94. The van der Waals surface area contributed by atoms with Gasteiger partial charge in [0.1, 0.15) is 0 Å². The Hall–Kier alpha value is -6.58. The van der Waals surface area contributed by atoms with Gasteiger partial charge in [-0.3, -0.25) is 9.97 Å². The first-order valence-electron chi connectivity index (χ1n) is 16.7. The summed E-state index contributed by atoms with van der Waals surface area (Å²) in [5.74, 6) is 0. The first-order valence-corrected chi connectivity index (χ1v) is 16.7. The van der Waals surface area contributed by atoms with Crippen molar-refractivity contribution < 1.29 is 0 Å². The first kappa shape index (κ1) is 27.5. The molecule has 7 aromatic carbocycles. The van der Waals surface area contributed by atoms with Crippen LogP contribution in [0.15, 0.2) is 176 Å². The number of aromatic nitrogens is 3. The zero-order chi connectivity index (χ0) is 32.3. The molecule has 228 valence electrons. The van der Waals surface area contributed by atoms with E-state index in [1.54, 1.807) is 0 Å². The van der Waals surface area contributed by atoms with Gasteiger partial charge in [-0.15, -0.1) is 0 Å². The highest BCUT2D eigenvalue weighted by Crippen LogP contribution is 2.46. The van der Waals surface area contributed by atoms with Crippen LogP contribution in [-0.2, 0) is 0 Å². The number of nitrogens with zero attached hydrogens (tertiary/aromatic N) is 3. The van der Waals surface area contributed by atoms with Crippen molar-refractivity contribution in [2.75, 3.05) is 0 Å². The first-order chi connectivity index (χ1) is 24.3. The molecule has 10 rings (SSSR count). The molecule has 0 amide bonds. The van der Waals surface area contributed by atoms with Gasteiger partial charge in [-0.25, -0.2) is 0 Å². The second-order valence-corrected chi connectivity index (χ2v) is 12.6. The molecule has 0 radical (unpaired) electrons. The molecule has 0 spiro atoms. The van der Waals surface area contributed by atoms with E-state index in [4.69, 9.17) is 4.98 Å². The third-order valence-electron chi connectivity index (χ3n) is 9.87. The number of para-hydroxylation sites is 1. The van der Waals surface area contributed by atoms with E-state index < -0.39 is 0 Å². The second-order valence-electron chi connectivity index (χ2n) is 12.6. The molecule has 0 aliphatic carbocycles. The van der Waals surface area contributed by atoms with Crippen molar-refractivity contribution in [3.05, 3.63) is 176 Å². The molecular weight excluding hydrogens is 595 g/mol. The van der Waals surface area contributed by atoms with Gasteiger partial charge in [0.2, 0.25) is 0 Å². The Balaban J connectivity index is 1.29. The summed E-state index contributed by atoms with van der Waals surface area (Å²) < 4.78 is 2.32. The van der Waals surface area contributed by atoms with Crippen molar-refractivity contribution in [1.82, 2.24) is 14.5 Å². The van der Waals surface area contributed by atoms with Crippen LogP contribution >= 0.6 is 0 Å². The van der Waals surface area contributed by atoms with Crippen LogP contribution in [0.1, 0.15) is 0 Å². The van der Waals surface area contributed by atoms with Gasteiger partial charge in [-0.2, -0.15) is 0 Å². The summed E-state index contributed by atoms with van der Waals surface area (Å²) in [6.45, 7) is 0. The standard InChI is InChI=1S/C46H29N3/c1-2-15-32(16-3-1)49-43-25-24-31(27-39(43)40-28-42(48-29-44(40)49)41-23-10-11-26-47-41)45-35-18-6-8-20-37(35)46(38-21-9-7-19-36(38)45)34-22-12-14-30-13-4-5-17-33(30)34/h1-29H. The van der Waals surface area contributed by atoms with Crippen molar-refractivity contribution in [2.24, 2.45) is 0 Å². The van der Waals surface area contributed by atoms with E-state index in [0.717, 1.165) is 33.5 Å². The van der Waals surface area contributed by atoms with Gasteiger partial charge in [-0.1, -0.05) is 121 Å². The maximum Gasteiger partial charge on any atom is 0.0893 e. The number of rotatable bonds is 4. The maximum atomic E-state index is 4.90. The zero-order valence-corrected chi connectivity index (χ0v) is 26.6. The van der Waals surface area contributed by atoms with E-state index in [1.807, 2.05) is 30.6 Å². The number of hydrogen-bond acceptors (Lipinski definition) is 2. The fourth-order valence-corrected chi connectivity index (χ4v) is 7.76. The van der Waals surface area contributed by atoms with Crippen LogP contribution in [-0.4, -0.2) is 14.5 Å². The van der Waals surface area contributed by atoms with Crippen LogP contribution in [0, 0.1) is 0 Å². The molecule has 3 heterocycles. The van der Waals surface area contributed by atoms with E-state index in [2.05, 4.69) is 155 Å². The van der Waals surface area contributed by atoms with Gasteiger partial charge >= 0.3 is 0 Å². The maximum absolute atomic E-state index is 4.90. The SMILES string of the molecule is c1ccc(-n2c3ccc(-c4c5ccccc5c(-c5cccc6ccccc56)c5ccccc45)cc3c3cc(-c4ccccn4)ncc32)cc1. The summed E-state index contributed by atoms with van der Waals surface area (Å²) in [4.78, 5) is 9.51. The lowest BCUT2D eigenvalue weighted by molar-refractivity contribution is 1.16. The predicted molar refractivity (Wildman–Crippen MR) is 205 cm³/mol. The van der Waals surface area contributed by atoms with Crippen LogP contribution in [0.2, 0.25) is 0 Å². The van der Waals surface area contributed by atoms with Gasteiger partial charge < -0.3 is 4.57 Å². The Kier molecular flexibility index (Phi) is 6.18. The van der Waals surface area contributed by atoms with Crippen molar-refractivity contribution >= 4 is 54.1 Å². The molecule has 10 aromatic rings. The summed E-state index contributed by atoms with van der Waals surface area (Å²) in [7, 11) is 0. The topological polar surface area (TPSA) is 30.7 Å². The van der Waals surface area contributed by atoms with E-state index in [0.29, 0.717) is 0 Å². The minimum Gasteiger partial charge on any atom is -0.308 e. The Morgan fingerprint density at radius 2 is 1.02 bits per heavy atom. The normalized spacial score (nSPS) is 11.7. The molecule has 0 atom stereocenters. The van der Waals surface area contributed by atoms with Gasteiger partial charge in [-0.05, 0) is 97.0 Å². The molecule has 0 saturated heterocycles. The predicted octanol–water partition coefficient (Wildman–Crippen LogP) is 12.0. The number of pyridine rings is 2. The minimum atomic E-state index is 0.862. The quantitative estimate of drug-likeness (QED) is 0.183. The van der Waals surface area contributed by atoms with Crippen molar-refractivity contribution in [1.29, 1.82) is 0 Å². The highest BCUT2D eigenvalue weighted by atomic mass is 15.0. The summed E-state index contributed by atoms with van der Waals surface area (Å²) >= 11 is 0. The van der Waals surface area contributed by atoms with Gasteiger partial charge in [0.15, 0.2) is 0 Å². The molecule has 0 fully saturated rings. The van der Waals surface area contributed by atoms with Gasteiger partial charge in [0, 0.05) is 22.7 Å². The molecule has 0 unspecified atom stereocenters. The molecule has 0 aliphatic heterocycles. The van der Waals surface area contributed by atoms with Gasteiger partial charge in [0.25, 0.3) is 0 Å².